The number of rotatable bonds is 6. The van der Waals surface area contributed by atoms with E-state index in [0.29, 0.717) is 0 Å². The Balaban J connectivity index is 1.91. The maximum atomic E-state index is 8.95. The summed E-state index contributed by atoms with van der Waals surface area (Å²) < 4.78 is 10.6. The minimum atomic E-state index is 0.246. The lowest BCUT2D eigenvalue weighted by atomic mass is 10.1. The molecule has 0 aromatic heterocycles. The van der Waals surface area contributed by atoms with Crippen LogP contribution in [0.4, 0.5) is 0 Å². The van der Waals surface area contributed by atoms with E-state index in [1.807, 2.05) is 12.1 Å². The third kappa shape index (κ3) is 3.85. The Morgan fingerprint density at radius 3 is 2.25 bits per heavy atom. The molecule has 1 aliphatic heterocycles. The molecule has 5 heteroatoms. The fourth-order valence-corrected chi connectivity index (χ4v) is 2.55. The number of aliphatic hydroxyl groups is 1. The molecule has 0 aliphatic carbocycles. The number of methoxy groups -OCH3 is 2. The predicted octanol–water partition coefficient (Wildman–Crippen LogP) is 0.814. The normalized spacial score (nSPS) is 17.1. The van der Waals surface area contributed by atoms with Crippen molar-refractivity contribution in [2.75, 3.05) is 53.6 Å². The minimum absolute atomic E-state index is 0.246. The molecule has 1 saturated heterocycles. The summed E-state index contributed by atoms with van der Waals surface area (Å²) in [4.78, 5) is 4.72. The summed E-state index contributed by atoms with van der Waals surface area (Å²) >= 11 is 0. The van der Waals surface area contributed by atoms with Crippen molar-refractivity contribution in [2.45, 2.75) is 6.54 Å². The summed E-state index contributed by atoms with van der Waals surface area (Å²) in [6, 6.07) is 6.08. The SMILES string of the molecule is COc1ccc(CN2CCN(CCO)CC2)cc1OC. The van der Waals surface area contributed by atoms with Gasteiger partial charge in [-0.15, -0.1) is 0 Å². The third-order valence-electron chi connectivity index (χ3n) is 3.74. The van der Waals surface area contributed by atoms with Crippen molar-refractivity contribution in [2.24, 2.45) is 0 Å². The van der Waals surface area contributed by atoms with Crippen LogP contribution < -0.4 is 9.47 Å². The van der Waals surface area contributed by atoms with Gasteiger partial charge in [0, 0.05) is 39.3 Å². The van der Waals surface area contributed by atoms with Gasteiger partial charge in [0.2, 0.25) is 0 Å². The van der Waals surface area contributed by atoms with Crippen LogP contribution in [-0.4, -0.2) is 68.5 Å². The number of β-amino-alcohol motifs (C(OH)–C–C–N with tert-alkyl or cyclic N) is 1. The van der Waals surface area contributed by atoms with E-state index in [0.717, 1.165) is 50.8 Å². The molecule has 5 nitrogen and oxygen atoms in total. The molecule has 0 radical (unpaired) electrons. The van der Waals surface area contributed by atoms with Crippen LogP contribution in [0.25, 0.3) is 0 Å². The molecule has 1 fully saturated rings. The topological polar surface area (TPSA) is 45.2 Å². The summed E-state index contributed by atoms with van der Waals surface area (Å²) in [5, 5.41) is 8.95. The second-order valence-corrected chi connectivity index (χ2v) is 5.03. The molecule has 2 rings (SSSR count). The van der Waals surface area contributed by atoms with Crippen LogP contribution in [0.5, 0.6) is 11.5 Å². The quantitative estimate of drug-likeness (QED) is 0.835. The lowest BCUT2D eigenvalue weighted by Gasteiger charge is -2.34. The second kappa shape index (κ2) is 7.47. The zero-order valence-electron chi connectivity index (χ0n) is 12.3. The molecule has 1 heterocycles. The summed E-state index contributed by atoms with van der Waals surface area (Å²) in [6.45, 7) is 6.07. The van der Waals surface area contributed by atoms with Crippen molar-refractivity contribution >= 4 is 0 Å². The fraction of sp³-hybridized carbons (Fsp3) is 0.600. The van der Waals surface area contributed by atoms with E-state index in [2.05, 4.69) is 15.9 Å². The molecule has 0 unspecified atom stereocenters. The molecule has 0 atom stereocenters. The van der Waals surface area contributed by atoms with E-state index in [1.165, 1.54) is 5.56 Å². The molecule has 1 aromatic rings. The maximum absolute atomic E-state index is 8.95. The van der Waals surface area contributed by atoms with Gasteiger partial charge in [-0.2, -0.15) is 0 Å². The molecule has 0 bridgehead atoms. The van der Waals surface area contributed by atoms with Crippen LogP contribution in [0.1, 0.15) is 5.56 Å². The van der Waals surface area contributed by atoms with Gasteiger partial charge >= 0.3 is 0 Å². The summed E-state index contributed by atoms with van der Waals surface area (Å²) in [5.74, 6) is 1.55. The second-order valence-electron chi connectivity index (χ2n) is 5.03. The number of nitrogens with zero attached hydrogens (tertiary/aromatic N) is 2. The van der Waals surface area contributed by atoms with Crippen molar-refractivity contribution in [3.63, 3.8) is 0 Å². The molecule has 0 saturated carbocycles. The van der Waals surface area contributed by atoms with Gasteiger partial charge in [0.15, 0.2) is 11.5 Å². The first kappa shape index (κ1) is 15.1. The zero-order valence-corrected chi connectivity index (χ0v) is 12.3. The van der Waals surface area contributed by atoms with E-state index in [1.54, 1.807) is 14.2 Å². The first-order chi connectivity index (χ1) is 9.76. The van der Waals surface area contributed by atoms with Crippen LogP contribution >= 0.6 is 0 Å². The van der Waals surface area contributed by atoms with Crippen molar-refractivity contribution in [3.05, 3.63) is 23.8 Å². The Hall–Kier alpha value is -1.30. The molecule has 0 spiro atoms. The Morgan fingerprint density at radius 1 is 1.00 bits per heavy atom. The molecular formula is C15H24N2O3. The molecule has 1 aliphatic rings. The van der Waals surface area contributed by atoms with Gasteiger partial charge in [0.25, 0.3) is 0 Å². The van der Waals surface area contributed by atoms with E-state index < -0.39 is 0 Å². The van der Waals surface area contributed by atoms with Gasteiger partial charge in [-0.25, -0.2) is 0 Å². The van der Waals surface area contributed by atoms with Crippen molar-refractivity contribution < 1.29 is 14.6 Å². The predicted molar refractivity (Wildman–Crippen MR) is 78.3 cm³/mol. The largest absolute Gasteiger partial charge is 0.493 e. The van der Waals surface area contributed by atoms with E-state index in [4.69, 9.17) is 14.6 Å². The Kier molecular flexibility index (Phi) is 5.64. The highest BCUT2D eigenvalue weighted by Gasteiger charge is 2.16. The lowest BCUT2D eigenvalue weighted by Crippen LogP contribution is -2.46. The van der Waals surface area contributed by atoms with Gasteiger partial charge in [-0.1, -0.05) is 6.07 Å². The first-order valence-electron chi connectivity index (χ1n) is 7.03. The van der Waals surface area contributed by atoms with E-state index in [9.17, 15) is 0 Å². The highest BCUT2D eigenvalue weighted by molar-refractivity contribution is 5.42. The average molecular weight is 280 g/mol. The molecule has 0 amide bonds. The molecule has 1 aromatic carbocycles. The number of benzene rings is 1. The van der Waals surface area contributed by atoms with Gasteiger partial charge < -0.3 is 14.6 Å². The number of piperazine rings is 1. The van der Waals surface area contributed by atoms with Crippen LogP contribution in [0.2, 0.25) is 0 Å². The van der Waals surface area contributed by atoms with Crippen molar-refractivity contribution in [1.29, 1.82) is 0 Å². The van der Waals surface area contributed by atoms with Gasteiger partial charge in [0.1, 0.15) is 0 Å². The Morgan fingerprint density at radius 2 is 1.65 bits per heavy atom. The highest BCUT2D eigenvalue weighted by Crippen LogP contribution is 2.28. The molecule has 20 heavy (non-hydrogen) atoms. The monoisotopic (exact) mass is 280 g/mol. The Bertz CT molecular complexity index is 418. The number of hydrogen-bond donors (Lipinski definition) is 1. The van der Waals surface area contributed by atoms with Crippen LogP contribution in [0, 0.1) is 0 Å². The standard InChI is InChI=1S/C15H24N2O3/c1-19-14-4-3-13(11-15(14)20-2)12-17-7-5-16(6-8-17)9-10-18/h3-4,11,18H,5-10,12H2,1-2H3. The number of ether oxygens (including phenoxy) is 2. The minimum Gasteiger partial charge on any atom is -0.493 e. The first-order valence-corrected chi connectivity index (χ1v) is 7.03. The van der Waals surface area contributed by atoms with Gasteiger partial charge in [0.05, 0.1) is 20.8 Å². The van der Waals surface area contributed by atoms with Crippen molar-refractivity contribution in [1.82, 2.24) is 9.80 Å². The average Bonchev–Trinajstić information content (AvgIpc) is 2.49. The fourth-order valence-electron chi connectivity index (χ4n) is 2.55. The number of aliphatic hydroxyl groups excluding tert-OH is 1. The van der Waals surface area contributed by atoms with Gasteiger partial charge in [-0.3, -0.25) is 9.80 Å². The summed E-state index contributed by atoms with van der Waals surface area (Å²) in [5.41, 5.74) is 1.23. The Labute approximate surface area is 120 Å². The maximum Gasteiger partial charge on any atom is 0.161 e. The molecule has 1 N–H and O–H groups in total. The van der Waals surface area contributed by atoms with Crippen LogP contribution in [-0.2, 0) is 6.54 Å². The molecule has 112 valence electrons. The van der Waals surface area contributed by atoms with Gasteiger partial charge in [-0.05, 0) is 17.7 Å². The summed E-state index contributed by atoms with van der Waals surface area (Å²) in [7, 11) is 3.31. The smallest absolute Gasteiger partial charge is 0.161 e. The summed E-state index contributed by atoms with van der Waals surface area (Å²) in [6.07, 6.45) is 0. The number of hydrogen-bond acceptors (Lipinski definition) is 5. The van der Waals surface area contributed by atoms with E-state index >= 15 is 0 Å². The highest BCUT2D eigenvalue weighted by atomic mass is 16.5. The van der Waals surface area contributed by atoms with E-state index in [-0.39, 0.29) is 6.61 Å². The van der Waals surface area contributed by atoms with Crippen LogP contribution in [0.15, 0.2) is 18.2 Å². The zero-order chi connectivity index (χ0) is 14.4. The van der Waals surface area contributed by atoms with Crippen LogP contribution in [0.3, 0.4) is 0 Å². The van der Waals surface area contributed by atoms with Crippen molar-refractivity contribution in [3.8, 4) is 11.5 Å². The molecular weight excluding hydrogens is 256 g/mol. The third-order valence-corrected chi connectivity index (χ3v) is 3.74. The lowest BCUT2D eigenvalue weighted by molar-refractivity contribution is 0.108.